The Balaban J connectivity index is 1.43. The third-order valence-corrected chi connectivity index (χ3v) is 5.83. The molecule has 31 heavy (non-hydrogen) atoms. The van der Waals surface area contributed by atoms with E-state index in [1.54, 1.807) is 12.2 Å². The highest BCUT2D eigenvalue weighted by Crippen LogP contribution is 2.24. The van der Waals surface area contributed by atoms with E-state index in [1.165, 1.54) is 6.42 Å². The summed E-state index contributed by atoms with van der Waals surface area (Å²) in [7, 11) is 0. The zero-order valence-corrected chi connectivity index (χ0v) is 18.8. The Hall–Kier alpha value is -2.17. The second-order valence-electron chi connectivity index (χ2n) is 8.66. The van der Waals surface area contributed by atoms with Crippen LogP contribution in [0.15, 0.2) is 60.1 Å². The SMILES string of the molecule is C[C@H](CCC/C=C\C=C\NCC1=CC[C@@H](F)C=C1)CCCNC(=O)C1CCC=C(F)C1. The molecule has 5 heteroatoms. The average Bonchev–Trinajstić information content (AvgIpc) is 2.76. The minimum Gasteiger partial charge on any atom is -0.387 e. The molecule has 1 amide bonds. The number of allylic oxidation sites excluding steroid dienone is 7. The Bertz CT molecular complexity index is 694. The summed E-state index contributed by atoms with van der Waals surface area (Å²) >= 11 is 0. The van der Waals surface area contributed by atoms with Gasteiger partial charge in [0.25, 0.3) is 0 Å². The maximum atomic E-state index is 13.3. The Labute approximate surface area is 186 Å². The average molecular weight is 433 g/mol. The van der Waals surface area contributed by atoms with Crippen LogP contribution in [0, 0.1) is 11.8 Å². The molecule has 0 saturated carbocycles. The molecule has 0 bridgehead atoms. The van der Waals surface area contributed by atoms with Gasteiger partial charge < -0.3 is 10.6 Å². The van der Waals surface area contributed by atoms with Crippen molar-refractivity contribution < 1.29 is 13.6 Å². The third-order valence-electron chi connectivity index (χ3n) is 5.83. The van der Waals surface area contributed by atoms with Gasteiger partial charge in [-0.15, -0.1) is 0 Å². The highest BCUT2D eigenvalue weighted by molar-refractivity contribution is 5.79. The molecule has 2 aliphatic carbocycles. The lowest BCUT2D eigenvalue weighted by molar-refractivity contribution is -0.125. The van der Waals surface area contributed by atoms with E-state index in [2.05, 4.69) is 29.7 Å². The molecule has 172 valence electrons. The molecule has 0 fully saturated rings. The molecular weight excluding hydrogens is 394 g/mol. The highest BCUT2D eigenvalue weighted by Gasteiger charge is 2.22. The largest absolute Gasteiger partial charge is 0.387 e. The smallest absolute Gasteiger partial charge is 0.223 e. The van der Waals surface area contributed by atoms with Crippen LogP contribution in [0.4, 0.5) is 8.78 Å². The molecule has 0 aromatic carbocycles. The van der Waals surface area contributed by atoms with E-state index in [0.717, 1.165) is 44.2 Å². The van der Waals surface area contributed by atoms with Crippen molar-refractivity contribution in [1.82, 2.24) is 10.6 Å². The summed E-state index contributed by atoms with van der Waals surface area (Å²) in [5, 5.41) is 6.18. The minimum atomic E-state index is -0.831. The van der Waals surface area contributed by atoms with Crippen LogP contribution in [0.3, 0.4) is 0 Å². The first-order valence-corrected chi connectivity index (χ1v) is 11.7. The molecule has 2 rings (SSSR count). The standard InChI is InChI=1S/C26H38F2N2O/c1-21(10-8-18-30-26(31)23-11-7-12-25(28)19-23)9-5-3-2-4-6-17-29-20-22-13-15-24(27)16-14-22/h2,4,6,12-15,17,21,23-24,29H,3,5,7-11,16,18-20H2,1H3,(H,30,31)/b4-2-,17-6+/t21-,23?,24+/m1/s1. The molecule has 0 spiro atoms. The van der Waals surface area contributed by atoms with E-state index < -0.39 is 6.17 Å². The van der Waals surface area contributed by atoms with Crippen LogP contribution in [0.25, 0.3) is 0 Å². The number of amides is 1. The van der Waals surface area contributed by atoms with Gasteiger partial charge in [0.05, 0.1) is 5.83 Å². The predicted molar refractivity (Wildman–Crippen MR) is 125 cm³/mol. The maximum absolute atomic E-state index is 13.3. The summed E-state index contributed by atoms with van der Waals surface area (Å²) in [6.07, 6.45) is 21.9. The van der Waals surface area contributed by atoms with Crippen molar-refractivity contribution in [3.63, 3.8) is 0 Å². The molecule has 1 unspecified atom stereocenters. The van der Waals surface area contributed by atoms with Gasteiger partial charge in [-0.1, -0.05) is 49.8 Å². The molecule has 0 heterocycles. The molecule has 3 nitrogen and oxygen atoms in total. The number of halogens is 2. The van der Waals surface area contributed by atoms with Gasteiger partial charge in [0.15, 0.2) is 0 Å². The summed E-state index contributed by atoms with van der Waals surface area (Å²) < 4.78 is 26.3. The van der Waals surface area contributed by atoms with Gasteiger partial charge in [-0.3, -0.25) is 4.79 Å². The van der Waals surface area contributed by atoms with Crippen molar-refractivity contribution in [3.05, 3.63) is 60.1 Å². The number of rotatable bonds is 13. The Morgan fingerprint density at radius 3 is 2.87 bits per heavy atom. The first kappa shape index (κ1) is 25.1. The van der Waals surface area contributed by atoms with Gasteiger partial charge in [0.2, 0.25) is 5.91 Å². The zero-order chi connectivity index (χ0) is 22.3. The Morgan fingerprint density at radius 1 is 1.26 bits per heavy atom. The topological polar surface area (TPSA) is 41.1 Å². The fourth-order valence-electron chi connectivity index (χ4n) is 3.87. The fourth-order valence-corrected chi connectivity index (χ4v) is 3.87. The van der Waals surface area contributed by atoms with E-state index >= 15 is 0 Å². The Morgan fingerprint density at radius 2 is 2.10 bits per heavy atom. The molecular formula is C26H38F2N2O. The predicted octanol–water partition coefficient (Wildman–Crippen LogP) is 6.23. The lowest BCUT2D eigenvalue weighted by Crippen LogP contribution is -2.32. The molecule has 0 saturated heterocycles. The quantitative estimate of drug-likeness (QED) is 0.268. The number of nitrogens with one attached hydrogen (secondary N) is 2. The highest BCUT2D eigenvalue weighted by atomic mass is 19.1. The number of alkyl halides is 1. The minimum absolute atomic E-state index is 0.00362. The van der Waals surface area contributed by atoms with Crippen molar-refractivity contribution >= 4 is 5.91 Å². The van der Waals surface area contributed by atoms with E-state index in [-0.39, 0.29) is 24.1 Å². The molecule has 0 aromatic rings. The van der Waals surface area contributed by atoms with E-state index in [1.807, 2.05) is 24.4 Å². The van der Waals surface area contributed by atoms with Crippen LogP contribution in [0.2, 0.25) is 0 Å². The van der Waals surface area contributed by atoms with Crippen molar-refractivity contribution in [1.29, 1.82) is 0 Å². The van der Waals surface area contributed by atoms with Crippen molar-refractivity contribution in [3.8, 4) is 0 Å². The second kappa shape index (κ2) is 14.8. The van der Waals surface area contributed by atoms with Crippen molar-refractivity contribution in [2.24, 2.45) is 11.8 Å². The normalized spacial score (nSPS) is 22.4. The van der Waals surface area contributed by atoms with Crippen LogP contribution in [0.1, 0.15) is 64.7 Å². The molecule has 2 N–H and O–H groups in total. The third kappa shape index (κ3) is 11.1. The second-order valence-corrected chi connectivity index (χ2v) is 8.66. The zero-order valence-electron chi connectivity index (χ0n) is 18.8. The van der Waals surface area contributed by atoms with Crippen LogP contribution in [0.5, 0.6) is 0 Å². The first-order valence-electron chi connectivity index (χ1n) is 11.7. The maximum Gasteiger partial charge on any atom is 0.223 e. The monoisotopic (exact) mass is 432 g/mol. The van der Waals surface area contributed by atoms with Crippen LogP contribution in [-0.2, 0) is 4.79 Å². The summed E-state index contributed by atoms with van der Waals surface area (Å²) in [4.78, 5) is 12.1. The van der Waals surface area contributed by atoms with Gasteiger partial charge >= 0.3 is 0 Å². The molecule has 0 aliphatic heterocycles. The van der Waals surface area contributed by atoms with Gasteiger partial charge in [-0.05, 0) is 62.3 Å². The lowest BCUT2D eigenvalue weighted by Gasteiger charge is -2.19. The first-order chi connectivity index (χ1) is 15.0. The summed E-state index contributed by atoms with van der Waals surface area (Å²) in [6, 6.07) is 0. The van der Waals surface area contributed by atoms with E-state index in [0.29, 0.717) is 25.3 Å². The molecule has 0 radical (unpaired) electrons. The van der Waals surface area contributed by atoms with Crippen molar-refractivity contribution in [2.75, 3.05) is 13.1 Å². The molecule has 2 aliphatic rings. The van der Waals surface area contributed by atoms with Gasteiger partial charge in [0.1, 0.15) is 6.17 Å². The number of carbonyl (C=O) groups is 1. The van der Waals surface area contributed by atoms with Crippen LogP contribution < -0.4 is 10.6 Å². The Kier molecular flexibility index (Phi) is 12.0. The van der Waals surface area contributed by atoms with Gasteiger partial charge in [-0.2, -0.15) is 0 Å². The number of hydrogen-bond acceptors (Lipinski definition) is 2. The fraction of sp³-hybridized carbons (Fsp3) is 0.577. The summed E-state index contributed by atoms with van der Waals surface area (Å²) in [5.74, 6) is 0.304. The lowest BCUT2D eigenvalue weighted by atomic mass is 9.92. The van der Waals surface area contributed by atoms with E-state index in [9.17, 15) is 13.6 Å². The van der Waals surface area contributed by atoms with Crippen LogP contribution >= 0.6 is 0 Å². The van der Waals surface area contributed by atoms with Crippen molar-refractivity contribution in [2.45, 2.75) is 70.9 Å². The van der Waals surface area contributed by atoms with Crippen LogP contribution in [-0.4, -0.2) is 25.2 Å². The van der Waals surface area contributed by atoms with Gasteiger partial charge in [0, 0.05) is 31.8 Å². The number of hydrogen-bond donors (Lipinski definition) is 2. The number of carbonyl (C=O) groups excluding carboxylic acids is 1. The summed E-state index contributed by atoms with van der Waals surface area (Å²) in [6.45, 7) is 3.67. The number of unbranched alkanes of at least 4 members (excludes halogenated alkanes) is 1. The summed E-state index contributed by atoms with van der Waals surface area (Å²) in [5.41, 5.74) is 1.12. The molecule has 3 atom stereocenters. The van der Waals surface area contributed by atoms with Gasteiger partial charge in [-0.25, -0.2) is 8.78 Å². The molecule has 0 aromatic heterocycles. The van der Waals surface area contributed by atoms with E-state index in [4.69, 9.17) is 0 Å².